The molecule has 4 heteroatoms. The molecular formula is C21H17ClO3. The van der Waals surface area contributed by atoms with E-state index >= 15 is 0 Å². The van der Waals surface area contributed by atoms with Gasteiger partial charge >= 0.3 is 5.97 Å². The minimum Gasteiger partial charge on any atom is -0.478 e. The number of carboxylic acid groups (broad SMARTS) is 1. The zero-order valence-corrected chi connectivity index (χ0v) is 14.2. The van der Waals surface area contributed by atoms with E-state index < -0.39 is 12.1 Å². The van der Waals surface area contributed by atoms with Crippen LogP contribution in [0.1, 0.15) is 5.56 Å². The van der Waals surface area contributed by atoms with Crippen molar-refractivity contribution in [1.82, 2.24) is 0 Å². The van der Waals surface area contributed by atoms with E-state index in [1.807, 2.05) is 54.6 Å². The Labute approximate surface area is 151 Å². The molecule has 1 N–H and O–H groups in total. The summed E-state index contributed by atoms with van der Waals surface area (Å²) in [6.45, 7) is 0. The van der Waals surface area contributed by atoms with Gasteiger partial charge in [0, 0.05) is 11.4 Å². The number of ether oxygens (including phenoxy) is 1. The molecule has 0 radical (unpaired) electrons. The third-order valence-corrected chi connectivity index (χ3v) is 4.13. The van der Waals surface area contributed by atoms with Crippen molar-refractivity contribution in [2.24, 2.45) is 0 Å². The molecule has 0 aliphatic carbocycles. The van der Waals surface area contributed by atoms with Gasteiger partial charge in [0.25, 0.3) is 0 Å². The molecule has 0 bridgehead atoms. The summed E-state index contributed by atoms with van der Waals surface area (Å²) in [5.74, 6) is -0.521. The van der Waals surface area contributed by atoms with Crippen molar-refractivity contribution in [1.29, 1.82) is 0 Å². The highest BCUT2D eigenvalue weighted by atomic mass is 35.5. The number of carboxylic acids is 1. The average molecular weight is 353 g/mol. The summed E-state index contributed by atoms with van der Waals surface area (Å²) in [5.41, 5.74) is 2.98. The Balaban J connectivity index is 1.86. The third kappa shape index (κ3) is 4.40. The molecule has 25 heavy (non-hydrogen) atoms. The fraction of sp³-hybridized carbons (Fsp3) is 0.0952. The second-order valence-corrected chi connectivity index (χ2v) is 6.06. The Morgan fingerprint density at radius 3 is 2.24 bits per heavy atom. The molecule has 3 rings (SSSR count). The minimum atomic E-state index is -1.00. The molecule has 0 fully saturated rings. The molecule has 0 aliphatic heterocycles. The molecule has 0 heterocycles. The second-order valence-electron chi connectivity index (χ2n) is 5.63. The van der Waals surface area contributed by atoms with Crippen LogP contribution in [0.25, 0.3) is 11.1 Å². The van der Waals surface area contributed by atoms with Gasteiger partial charge in [0.2, 0.25) is 0 Å². The molecular weight excluding hydrogens is 336 g/mol. The summed E-state index contributed by atoms with van der Waals surface area (Å²) in [4.78, 5) is 11.7. The predicted octanol–water partition coefficient (Wildman–Crippen LogP) is 5.08. The van der Waals surface area contributed by atoms with Crippen molar-refractivity contribution >= 4 is 17.6 Å². The van der Waals surface area contributed by atoms with Crippen LogP contribution >= 0.6 is 11.6 Å². The molecule has 3 aromatic rings. The first-order valence-corrected chi connectivity index (χ1v) is 8.29. The number of halogens is 1. The maximum Gasteiger partial charge on any atom is 0.345 e. The standard InChI is InChI=1S/C21H17ClO3/c22-17-10-12-18(13-11-17)25-20(21(23)24)14-16-8-4-5-9-19(16)15-6-2-1-3-7-15/h1-13,20H,14H2,(H,23,24). The van der Waals surface area contributed by atoms with Crippen molar-refractivity contribution in [3.8, 4) is 16.9 Å². The van der Waals surface area contributed by atoms with Crippen LogP contribution in [0.15, 0.2) is 78.9 Å². The summed E-state index contributed by atoms with van der Waals surface area (Å²) in [6, 6.07) is 24.4. The zero-order valence-electron chi connectivity index (χ0n) is 13.4. The number of hydrogen-bond donors (Lipinski definition) is 1. The van der Waals surface area contributed by atoms with Gasteiger partial charge < -0.3 is 9.84 Å². The van der Waals surface area contributed by atoms with Gasteiger partial charge in [-0.15, -0.1) is 0 Å². The quantitative estimate of drug-likeness (QED) is 0.672. The number of hydrogen-bond acceptors (Lipinski definition) is 2. The molecule has 1 atom stereocenters. The number of rotatable bonds is 6. The average Bonchev–Trinajstić information content (AvgIpc) is 2.64. The highest BCUT2D eigenvalue weighted by Crippen LogP contribution is 2.26. The summed E-state index contributed by atoms with van der Waals surface area (Å²) < 4.78 is 5.67. The number of carbonyl (C=O) groups is 1. The van der Waals surface area contributed by atoms with Crippen LogP contribution in [0.4, 0.5) is 0 Å². The second kappa shape index (κ2) is 7.86. The van der Waals surface area contributed by atoms with Crippen molar-refractivity contribution in [3.63, 3.8) is 0 Å². The van der Waals surface area contributed by atoms with E-state index in [2.05, 4.69) is 0 Å². The normalized spacial score (nSPS) is 11.7. The molecule has 0 saturated heterocycles. The van der Waals surface area contributed by atoms with E-state index in [-0.39, 0.29) is 6.42 Å². The minimum absolute atomic E-state index is 0.267. The highest BCUT2D eigenvalue weighted by Gasteiger charge is 2.21. The number of aliphatic carboxylic acids is 1. The van der Waals surface area contributed by atoms with Crippen LogP contribution in [0.3, 0.4) is 0 Å². The van der Waals surface area contributed by atoms with Gasteiger partial charge in [-0.1, -0.05) is 66.2 Å². The molecule has 0 spiro atoms. The van der Waals surface area contributed by atoms with Gasteiger partial charge in [0.15, 0.2) is 6.10 Å². The lowest BCUT2D eigenvalue weighted by Gasteiger charge is -2.17. The Bertz CT molecular complexity index is 845. The molecule has 3 aromatic carbocycles. The smallest absolute Gasteiger partial charge is 0.345 e. The Kier molecular flexibility index (Phi) is 5.36. The maximum absolute atomic E-state index is 11.7. The van der Waals surface area contributed by atoms with Crippen molar-refractivity contribution in [2.45, 2.75) is 12.5 Å². The SMILES string of the molecule is O=C(O)C(Cc1ccccc1-c1ccccc1)Oc1ccc(Cl)cc1. The summed E-state index contributed by atoms with van der Waals surface area (Å²) >= 11 is 5.86. The van der Waals surface area contributed by atoms with Crippen LogP contribution in [0, 0.1) is 0 Å². The van der Waals surface area contributed by atoms with Crippen LogP contribution in [0.2, 0.25) is 5.02 Å². The van der Waals surface area contributed by atoms with Gasteiger partial charge in [-0.05, 0) is 41.0 Å². The monoisotopic (exact) mass is 352 g/mol. The topological polar surface area (TPSA) is 46.5 Å². The Morgan fingerprint density at radius 1 is 0.920 bits per heavy atom. The summed E-state index contributed by atoms with van der Waals surface area (Å²) in [6.07, 6.45) is -0.714. The van der Waals surface area contributed by atoms with E-state index in [4.69, 9.17) is 16.3 Å². The lowest BCUT2D eigenvalue weighted by atomic mass is 9.96. The lowest BCUT2D eigenvalue weighted by Crippen LogP contribution is -2.29. The largest absolute Gasteiger partial charge is 0.478 e. The van der Waals surface area contributed by atoms with Gasteiger partial charge in [0.05, 0.1) is 0 Å². The molecule has 0 aromatic heterocycles. The fourth-order valence-corrected chi connectivity index (χ4v) is 2.78. The molecule has 0 saturated carbocycles. The van der Waals surface area contributed by atoms with E-state index in [1.54, 1.807) is 24.3 Å². The van der Waals surface area contributed by atoms with Crippen molar-refractivity contribution in [2.75, 3.05) is 0 Å². The number of benzene rings is 3. The first-order chi connectivity index (χ1) is 12.1. The van der Waals surface area contributed by atoms with Crippen LogP contribution in [-0.2, 0) is 11.2 Å². The van der Waals surface area contributed by atoms with Crippen molar-refractivity contribution in [3.05, 3.63) is 89.4 Å². The van der Waals surface area contributed by atoms with Crippen LogP contribution in [0.5, 0.6) is 5.75 Å². The van der Waals surface area contributed by atoms with E-state index in [9.17, 15) is 9.90 Å². The van der Waals surface area contributed by atoms with E-state index in [0.29, 0.717) is 10.8 Å². The predicted molar refractivity (Wildman–Crippen MR) is 99.1 cm³/mol. The van der Waals surface area contributed by atoms with Crippen molar-refractivity contribution < 1.29 is 14.6 Å². The van der Waals surface area contributed by atoms with Crippen LogP contribution < -0.4 is 4.74 Å². The Hall–Kier alpha value is -2.78. The van der Waals surface area contributed by atoms with E-state index in [0.717, 1.165) is 16.7 Å². The van der Waals surface area contributed by atoms with Gasteiger partial charge in [-0.3, -0.25) is 0 Å². The first kappa shape index (κ1) is 17.1. The fourth-order valence-electron chi connectivity index (χ4n) is 2.65. The summed E-state index contributed by atoms with van der Waals surface area (Å²) in [5, 5.41) is 10.1. The molecule has 3 nitrogen and oxygen atoms in total. The first-order valence-electron chi connectivity index (χ1n) is 7.92. The van der Waals surface area contributed by atoms with E-state index in [1.165, 1.54) is 0 Å². The lowest BCUT2D eigenvalue weighted by molar-refractivity contribution is -0.145. The third-order valence-electron chi connectivity index (χ3n) is 3.87. The zero-order chi connectivity index (χ0) is 17.6. The van der Waals surface area contributed by atoms with Crippen LogP contribution in [-0.4, -0.2) is 17.2 Å². The van der Waals surface area contributed by atoms with Gasteiger partial charge in [-0.2, -0.15) is 0 Å². The van der Waals surface area contributed by atoms with Gasteiger partial charge in [0.1, 0.15) is 5.75 Å². The summed E-state index contributed by atoms with van der Waals surface area (Å²) in [7, 11) is 0. The van der Waals surface area contributed by atoms with Gasteiger partial charge in [-0.25, -0.2) is 4.79 Å². The molecule has 126 valence electrons. The highest BCUT2D eigenvalue weighted by molar-refractivity contribution is 6.30. The maximum atomic E-state index is 11.7. The molecule has 1 unspecified atom stereocenters. The Morgan fingerprint density at radius 2 is 1.56 bits per heavy atom. The molecule has 0 aliphatic rings. The molecule has 0 amide bonds.